The maximum Gasteiger partial charge on any atom is 0.291 e. The quantitative estimate of drug-likeness (QED) is 0.538. The number of anilines is 1. The SMILES string of the molecule is Cc1ccc(NC(=O)C(=Cc2ccc3c(c2)OCO3)NC(=O)c2ccc(Br)o2)cc1. The number of ether oxygens (including phenoxy) is 2. The van der Waals surface area contributed by atoms with Gasteiger partial charge in [0, 0.05) is 5.69 Å². The van der Waals surface area contributed by atoms with Crippen LogP contribution in [0.3, 0.4) is 0 Å². The Kier molecular flexibility index (Phi) is 5.58. The molecule has 0 saturated heterocycles. The summed E-state index contributed by atoms with van der Waals surface area (Å²) < 4.78 is 16.4. The summed E-state index contributed by atoms with van der Waals surface area (Å²) in [5, 5.41) is 5.40. The van der Waals surface area contributed by atoms with Gasteiger partial charge in [0.25, 0.3) is 11.8 Å². The van der Waals surface area contributed by atoms with Crippen LogP contribution in [-0.2, 0) is 4.79 Å². The van der Waals surface area contributed by atoms with Gasteiger partial charge in [0.05, 0.1) is 0 Å². The van der Waals surface area contributed by atoms with E-state index in [9.17, 15) is 9.59 Å². The lowest BCUT2D eigenvalue weighted by molar-refractivity contribution is -0.113. The van der Waals surface area contributed by atoms with E-state index in [-0.39, 0.29) is 18.3 Å². The molecule has 2 aromatic carbocycles. The number of carbonyl (C=O) groups excluding carboxylic acids is 2. The van der Waals surface area contributed by atoms with E-state index >= 15 is 0 Å². The fraction of sp³-hybridized carbons (Fsp3) is 0.0909. The molecule has 2 heterocycles. The van der Waals surface area contributed by atoms with Crippen molar-refractivity contribution in [3.63, 3.8) is 0 Å². The van der Waals surface area contributed by atoms with E-state index in [1.807, 2.05) is 19.1 Å². The molecule has 0 saturated carbocycles. The number of benzene rings is 2. The van der Waals surface area contributed by atoms with Crippen LogP contribution in [0.5, 0.6) is 11.5 Å². The van der Waals surface area contributed by atoms with Crippen LogP contribution in [0.25, 0.3) is 6.08 Å². The van der Waals surface area contributed by atoms with Crippen LogP contribution < -0.4 is 20.1 Å². The van der Waals surface area contributed by atoms with Gasteiger partial charge >= 0.3 is 0 Å². The standard InChI is InChI=1S/C22H17BrN2O5/c1-13-2-5-15(6-3-13)24-21(26)16(25-22(27)18-8-9-20(23)30-18)10-14-4-7-17-19(11-14)29-12-28-17/h2-11H,12H2,1H3,(H,24,26)(H,25,27). The average Bonchev–Trinajstić information content (AvgIpc) is 3.37. The predicted molar refractivity (Wildman–Crippen MR) is 114 cm³/mol. The second-order valence-electron chi connectivity index (χ2n) is 6.55. The van der Waals surface area contributed by atoms with Crippen molar-refractivity contribution < 1.29 is 23.5 Å². The Bertz CT molecular complexity index is 1130. The number of rotatable bonds is 5. The molecule has 4 rings (SSSR count). The first-order chi connectivity index (χ1) is 14.5. The highest BCUT2D eigenvalue weighted by atomic mass is 79.9. The number of halogens is 1. The van der Waals surface area contributed by atoms with Gasteiger partial charge < -0.3 is 24.5 Å². The Morgan fingerprint density at radius 2 is 1.77 bits per heavy atom. The number of hydrogen-bond donors (Lipinski definition) is 2. The van der Waals surface area contributed by atoms with Crippen LogP contribution in [0.4, 0.5) is 5.69 Å². The minimum absolute atomic E-state index is 0.0481. The summed E-state index contributed by atoms with van der Waals surface area (Å²) in [4.78, 5) is 25.5. The highest BCUT2D eigenvalue weighted by Crippen LogP contribution is 2.33. The Balaban J connectivity index is 1.62. The van der Waals surface area contributed by atoms with Crippen molar-refractivity contribution in [2.75, 3.05) is 12.1 Å². The van der Waals surface area contributed by atoms with Crippen LogP contribution in [0, 0.1) is 6.92 Å². The fourth-order valence-corrected chi connectivity index (χ4v) is 3.09. The molecule has 0 unspecified atom stereocenters. The number of hydrogen-bond acceptors (Lipinski definition) is 5. The number of amides is 2. The maximum absolute atomic E-state index is 12.9. The Labute approximate surface area is 180 Å². The normalized spacial score (nSPS) is 12.5. The summed E-state index contributed by atoms with van der Waals surface area (Å²) in [6, 6.07) is 15.7. The first kappa shape index (κ1) is 19.8. The zero-order valence-corrected chi connectivity index (χ0v) is 17.5. The predicted octanol–water partition coefficient (Wildman–Crippen LogP) is 4.49. The van der Waals surface area contributed by atoms with Crippen molar-refractivity contribution in [3.8, 4) is 11.5 Å². The topological polar surface area (TPSA) is 89.8 Å². The van der Waals surface area contributed by atoms with Crippen LogP contribution in [0.1, 0.15) is 21.7 Å². The summed E-state index contributed by atoms with van der Waals surface area (Å²) >= 11 is 3.16. The van der Waals surface area contributed by atoms with Gasteiger partial charge in [0.1, 0.15) is 5.70 Å². The molecule has 1 aromatic heterocycles. The zero-order valence-electron chi connectivity index (χ0n) is 15.9. The number of fused-ring (bicyclic) bond motifs is 1. The number of furan rings is 1. The zero-order chi connectivity index (χ0) is 21.1. The van der Waals surface area contributed by atoms with Crippen LogP contribution in [0.15, 0.2) is 69.4 Å². The third-order valence-corrected chi connectivity index (χ3v) is 4.73. The van der Waals surface area contributed by atoms with Crippen LogP contribution in [-0.4, -0.2) is 18.6 Å². The van der Waals surface area contributed by atoms with E-state index < -0.39 is 11.8 Å². The number of aryl methyl sites for hydroxylation is 1. The molecule has 2 N–H and O–H groups in total. The van der Waals surface area contributed by atoms with Gasteiger partial charge in [-0.1, -0.05) is 23.8 Å². The first-order valence-electron chi connectivity index (χ1n) is 9.04. The monoisotopic (exact) mass is 468 g/mol. The molecule has 1 aliphatic heterocycles. The summed E-state index contributed by atoms with van der Waals surface area (Å²) in [6.45, 7) is 2.10. The lowest BCUT2D eigenvalue weighted by Gasteiger charge is -2.11. The van der Waals surface area contributed by atoms with Gasteiger partial charge in [-0.3, -0.25) is 9.59 Å². The number of carbonyl (C=O) groups is 2. The van der Waals surface area contributed by atoms with Crippen molar-refractivity contribution in [3.05, 3.63) is 81.9 Å². The van der Waals surface area contributed by atoms with Gasteiger partial charge in [-0.2, -0.15) is 0 Å². The molecule has 0 fully saturated rings. The third kappa shape index (κ3) is 4.55. The minimum Gasteiger partial charge on any atom is -0.454 e. The van der Waals surface area contributed by atoms with E-state index in [1.165, 1.54) is 6.07 Å². The van der Waals surface area contributed by atoms with Gasteiger partial charge in [0.2, 0.25) is 6.79 Å². The van der Waals surface area contributed by atoms with E-state index in [0.717, 1.165) is 5.56 Å². The Hall–Kier alpha value is -3.52. The van der Waals surface area contributed by atoms with Crippen molar-refractivity contribution in [1.29, 1.82) is 0 Å². The Morgan fingerprint density at radius 3 is 2.50 bits per heavy atom. The van der Waals surface area contributed by atoms with E-state index in [4.69, 9.17) is 13.9 Å². The van der Waals surface area contributed by atoms with Crippen LogP contribution >= 0.6 is 15.9 Å². The van der Waals surface area contributed by atoms with Crippen molar-refractivity contribution in [2.45, 2.75) is 6.92 Å². The molecular formula is C22H17BrN2O5. The molecule has 0 atom stereocenters. The van der Waals surface area contributed by atoms with Gasteiger partial charge in [-0.15, -0.1) is 0 Å². The summed E-state index contributed by atoms with van der Waals surface area (Å²) in [6.07, 6.45) is 1.56. The highest BCUT2D eigenvalue weighted by molar-refractivity contribution is 9.10. The lowest BCUT2D eigenvalue weighted by atomic mass is 10.1. The molecule has 152 valence electrons. The summed E-state index contributed by atoms with van der Waals surface area (Å²) in [5.41, 5.74) is 2.39. The minimum atomic E-state index is -0.549. The molecule has 0 aliphatic carbocycles. The van der Waals surface area contributed by atoms with E-state index in [1.54, 1.807) is 42.5 Å². The van der Waals surface area contributed by atoms with Gasteiger partial charge in [-0.25, -0.2) is 0 Å². The van der Waals surface area contributed by atoms with Crippen molar-refractivity contribution in [1.82, 2.24) is 5.32 Å². The van der Waals surface area contributed by atoms with Crippen LogP contribution in [0.2, 0.25) is 0 Å². The second-order valence-corrected chi connectivity index (χ2v) is 7.33. The molecule has 2 amide bonds. The molecule has 7 nitrogen and oxygen atoms in total. The number of nitrogens with one attached hydrogen (secondary N) is 2. The Morgan fingerprint density at radius 1 is 1.00 bits per heavy atom. The van der Waals surface area contributed by atoms with E-state index in [0.29, 0.717) is 27.4 Å². The van der Waals surface area contributed by atoms with Crippen molar-refractivity contribution in [2.24, 2.45) is 0 Å². The molecule has 0 bridgehead atoms. The molecule has 1 aliphatic rings. The average molecular weight is 469 g/mol. The van der Waals surface area contributed by atoms with Crippen molar-refractivity contribution >= 4 is 39.5 Å². The highest BCUT2D eigenvalue weighted by Gasteiger charge is 2.19. The smallest absolute Gasteiger partial charge is 0.291 e. The first-order valence-corrected chi connectivity index (χ1v) is 9.83. The molecule has 0 spiro atoms. The molecule has 0 radical (unpaired) electrons. The second kappa shape index (κ2) is 8.46. The van der Waals surface area contributed by atoms with Gasteiger partial charge in [0.15, 0.2) is 21.9 Å². The van der Waals surface area contributed by atoms with E-state index in [2.05, 4.69) is 26.6 Å². The fourth-order valence-electron chi connectivity index (χ4n) is 2.78. The lowest BCUT2D eigenvalue weighted by Crippen LogP contribution is -2.30. The largest absolute Gasteiger partial charge is 0.454 e. The third-order valence-electron chi connectivity index (χ3n) is 4.31. The molecule has 3 aromatic rings. The molecule has 30 heavy (non-hydrogen) atoms. The molecular weight excluding hydrogens is 452 g/mol. The summed E-state index contributed by atoms with van der Waals surface area (Å²) in [5.74, 6) is 0.245. The maximum atomic E-state index is 12.9. The summed E-state index contributed by atoms with van der Waals surface area (Å²) in [7, 11) is 0. The molecule has 8 heteroatoms. The van der Waals surface area contributed by atoms with Gasteiger partial charge in [-0.05, 0) is 70.9 Å².